The molecule has 2 aromatic rings. The Morgan fingerprint density at radius 2 is 2.00 bits per heavy atom. The van der Waals surface area contributed by atoms with Gasteiger partial charge in [-0.25, -0.2) is 4.98 Å². The summed E-state index contributed by atoms with van der Waals surface area (Å²) in [5, 5.41) is 9.13. The molecule has 0 atom stereocenters. The molecular weight excluding hydrogens is 344 g/mol. The first kappa shape index (κ1) is 17.5. The minimum atomic E-state index is -0.325. The van der Waals surface area contributed by atoms with Gasteiger partial charge in [-0.2, -0.15) is 0 Å². The van der Waals surface area contributed by atoms with Crippen molar-refractivity contribution in [2.75, 3.05) is 23.0 Å². The van der Waals surface area contributed by atoms with E-state index in [1.54, 1.807) is 31.3 Å². The normalized spacial score (nSPS) is 26.0. The molecule has 0 saturated heterocycles. The Bertz CT molecular complexity index is 910. The van der Waals surface area contributed by atoms with Gasteiger partial charge in [0.1, 0.15) is 17.5 Å². The predicted octanol–water partition coefficient (Wildman–Crippen LogP) is 1.75. The molecule has 2 fully saturated rings. The SMILES string of the molecule is CNc1ccc(C(=O)Nc2cccc(=O)[nH]2)c(NC2CC3(CC(N)C3)C2)n1. The maximum Gasteiger partial charge on any atom is 0.260 e. The molecule has 1 spiro atoms. The summed E-state index contributed by atoms with van der Waals surface area (Å²) in [4.78, 5) is 31.3. The molecular formula is C19H24N6O2. The summed E-state index contributed by atoms with van der Waals surface area (Å²) in [6.07, 6.45) is 4.28. The molecule has 8 heteroatoms. The summed E-state index contributed by atoms with van der Waals surface area (Å²) in [7, 11) is 1.79. The van der Waals surface area contributed by atoms with E-state index in [-0.39, 0.29) is 11.5 Å². The van der Waals surface area contributed by atoms with Gasteiger partial charge in [0.15, 0.2) is 0 Å². The van der Waals surface area contributed by atoms with E-state index in [0.29, 0.717) is 40.5 Å². The van der Waals surface area contributed by atoms with Gasteiger partial charge in [-0.15, -0.1) is 0 Å². The van der Waals surface area contributed by atoms with E-state index in [0.717, 1.165) is 25.7 Å². The number of hydrogen-bond donors (Lipinski definition) is 5. The van der Waals surface area contributed by atoms with Crippen LogP contribution in [0.3, 0.4) is 0 Å². The monoisotopic (exact) mass is 368 g/mol. The van der Waals surface area contributed by atoms with E-state index in [9.17, 15) is 9.59 Å². The lowest BCUT2D eigenvalue weighted by Gasteiger charge is -2.57. The summed E-state index contributed by atoms with van der Waals surface area (Å²) in [6.45, 7) is 0. The third-order valence-electron chi connectivity index (χ3n) is 5.50. The van der Waals surface area contributed by atoms with Crippen LogP contribution >= 0.6 is 0 Å². The summed E-state index contributed by atoms with van der Waals surface area (Å²) in [5.41, 5.74) is 6.49. The van der Waals surface area contributed by atoms with Crippen molar-refractivity contribution in [3.63, 3.8) is 0 Å². The molecule has 2 aromatic heterocycles. The van der Waals surface area contributed by atoms with Crippen LogP contribution < -0.4 is 27.2 Å². The van der Waals surface area contributed by atoms with Gasteiger partial charge in [0.25, 0.3) is 5.91 Å². The minimum Gasteiger partial charge on any atom is -0.373 e. The lowest BCUT2D eigenvalue weighted by Crippen LogP contribution is -2.57. The number of carbonyl (C=O) groups excluding carboxylic acids is 1. The van der Waals surface area contributed by atoms with Crippen LogP contribution in [0.5, 0.6) is 0 Å². The van der Waals surface area contributed by atoms with Crippen molar-refractivity contribution in [2.24, 2.45) is 11.1 Å². The highest BCUT2D eigenvalue weighted by molar-refractivity contribution is 6.07. The summed E-state index contributed by atoms with van der Waals surface area (Å²) < 4.78 is 0. The Hall–Kier alpha value is -2.87. The topological polar surface area (TPSA) is 125 Å². The fraction of sp³-hybridized carbons (Fsp3) is 0.421. The van der Waals surface area contributed by atoms with E-state index in [1.165, 1.54) is 6.07 Å². The van der Waals surface area contributed by atoms with Gasteiger partial charge in [0, 0.05) is 25.2 Å². The lowest BCUT2D eigenvalue weighted by atomic mass is 9.52. The highest BCUT2D eigenvalue weighted by Crippen LogP contribution is 2.55. The molecule has 4 rings (SSSR count). The Morgan fingerprint density at radius 3 is 2.67 bits per heavy atom. The highest BCUT2D eigenvalue weighted by Gasteiger charge is 2.51. The fourth-order valence-electron chi connectivity index (χ4n) is 4.27. The van der Waals surface area contributed by atoms with Crippen molar-refractivity contribution in [1.82, 2.24) is 9.97 Å². The number of anilines is 3. The van der Waals surface area contributed by atoms with E-state index in [4.69, 9.17) is 5.73 Å². The molecule has 0 radical (unpaired) electrons. The summed E-state index contributed by atoms with van der Waals surface area (Å²) in [6, 6.07) is 8.73. The van der Waals surface area contributed by atoms with Gasteiger partial charge < -0.3 is 26.7 Å². The number of nitrogens with zero attached hydrogens (tertiary/aromatic N) is 1. The zero-order valence-corrected chi connectivity index (χ0v) is 15.2. The average Bonchev–Trinajstić information content (AvgIpc) is 2.58. The zero-order valence-electron chi connectivity index (χ0n) is 15.2. The summed E-state index contributed by atoms with van der Waals surface area (Å²) >= 11 is 0. The van der Waals surface area contributed by atoms with Crippen LogP contribution in [0.15, 0.2) is 35.1 Å². The zero-order chi connectivity index (χ0) is 19.0. The number of nitrogens with one attached hydrogen (secondary N) is 4. The van der Waals surface area contributed by atoms with Crippen molar-refractivity contribution < 1.29 is 4.79 Å². The second kappa shape index (κ2) is 6.70. The molecule has 0 bridgehead atoms. The van der Waals surface area contributed by atoms with Crippen molar-refractivity contribution in [3.05, 3.63) is 46.2 Å². The van der Waals surface area contributed by atoms with E-state index < -0.39 is 0 Å². The first-order valence-corrected chi connectivity index (χ1v) is 9.18. The number of aromatic nitrogens is 2. The largest absolute Gasteiger partial charge is 0.373 e. The van der Waals surface area contributed by atoms with E-state index in [2.05, 4.69) is 25.9 Å². The maximum absolute atomic E-state index is 12.7. The third kappa shape index (κ3) is 3.52. The van der Waals surface area contributed by atoms with Gasteiger partial charge in [0.2, 0.25) is 5.56 Å². The molecule has 1 amide bonds. The van der Waals surface area contributed by atoms with Gasteiger partial charge in [0.05, 0.1) is 5.56 Å². The van der Waals surface area contributed by atoms with Crippen LogP contribution in [0.25, 0.3) is 0 Å². The molecule has 2 heterocycles. The average molecular weight is 368 g/mol. The Kier molecular flexibility index (Phi) is 4.35. The number of rotatable bonds is 5. The first-order valence-electron chi connectivity index (χ1n) is 9.18. The number of carbonyl (C=O) groups is 1. The molecule has 2 saturated carbocycles. The Labute approximate surface area is 157 Å². The van der Waals surface area contributed by atoms with Gasteiger partial charge >= 0.3 is 0 Å². The number of H-pyrrole nitrogens is 1. The molecule has 2 aliphatic rings. The number of amides is 1. The number of hydrogen-bond acceptors (Lipinski definition) is 6. The van der Waals surface area contributed by atoms with Gasteiger partial charge in [-0.3, -0.25) is 9.59 Å². The second-order valence-electron chi connectivity index (χ2n) is 7.64. The molecule has 27 heavy (non-hydrogen) atoms. The highest BCUT2D eigenvalue weighted by atomic mass is 16.2. The molecule has 142 valence electrons. The van der Waals surface area contributed by atoms with Crippen LogP contribution in [0, 0.1) is 5.41 Å². The number of aromatic amines is 1. The molecule has 0 aliphatic heterocycles. The summed E-state index contributed by atoms with van der Waals surface area (Å²) in [5.74, 6) is 1.25. The smallest absolute Gasteiger partial charge is 0.260 e. The van der Waals surface area contributed by atoms with Crippen LogP contribution in [-0.4, -0.2) is 35.0 Å². The van der Waals surface area contributed by atoms with Crippen LogP contribution in [0.1, 0.15) is 36.0 Å². The molecule has 8 nitrogen and oxygen atoms in total. The minimum absolute atomic E-state index is 0.270. The van der Waals surface area contributed by atoms with Crippen molar-refractivity contribution in [2.45, 2.75) is 37.8 Å². The third-order valence-corrected chi connectivity index (χ3v) is 5.50. The van der Waals surface area contributed by atoms with Crippen molar-refractivity contribution in [1.29, 1.82) is 0 Å². The molecule has 0 aromatic carbocycles. The van der Waals surface area contributed by atoms with Crippen molar-refractivity contribution in [3.8, 4) is 0 Å². The van der Waals surface area contributed by atoms with E-state index in [1.807, 2.05) is 0 Å². The molecule has 0 unspecified atom stereocenters. The van der Waals surface area contributed by atoms with Crippen molar-refractivity contribution >= 4 is 23.4 Å². The Balaban J connectivity index is 1.50. The first-order chi connectivity index (χ1) is 13.0. The molecule has 6 N–H and O–H groups in total. The molecule has 2 aliphatic carbocycles. The van der Waals surface area contributed by atoms with Gasteiger partial charge in [-0.1, -0.05) is 6.07 Å². The van der Waals surface area contributed by atoms with Crippen LogP contribution in [0.4, 0.5) is 17.5 Å². The standard InChI is InChI=1S/C19H24N6O2/c1-21-14-6-5-13(18(27)25-15-3-2-4-16(26)23-15)17(24-14)22-12-9-19(10-12)7-11(20)8-19/h2-6,11-12H,7-10,20H2,1H3,(H2,21,22,24)(H2,23,25,26,27). The van der Waals surface area contributed by atoms with E-state index >= 15 is 0 Å². The lowest BCUT2D eigenvalue weighted by molar-refractivity contribution is 0.00110. The number of nitrogens with two attached hydrogens (primary N) is 1. The second-order valence-corrected chi connectivity index (χ2v) is 7.64. The number of pyridine rings is 2. The maximum atomic E-state index is 12.7. The quantitative estimate of drug-likeness (QED) is 0.547. The Morgan fingerprint density at radius 1 is 1.22 bits per heavy atom. The van der Waals surface area contributed by atoms with Crippen LogP contribution in [-0.2, 0) is 0 Å². The van der Waals surface area contributed by atoms with Gasteiger partial charge in [-0.05, 0) is 49.3 Å². The predicted molar refractivity (Wildman–Crippen MR) is 105 cm³/mol. The van der Waals surface area contributed by atoms with Crippen LogP contribution in [0.2, 0.25) is 0 Å². The fourth-order valence-corrected chi connectivity index (χ4v) is 4.27.